The summed E-state index contributed by atoms with van der Waals surface area (Å²) in [4.78, 5) is 22.4. The molecule has 1 amide bonds. The second kappa shape index (κ2) is 11.3. The lowest BCUT2D eigenvalue weighted by atomic mass is 10.2. The molecule has 4 rings (SSSR count). The van der Waals surface area contributed by atoms with Gasteiger partial charge in [0.25, 0.3) is 5.91 Å². The largest absolute Gasteiger partial charge is 0.489 e. The van der Waals surface area contributed by atoms with Gasteiger partial charge in [-0.1, -0.05) is 24.6 Å². The van der Waals surface area contributed by atoms with Crippen LogP contribution in [-0.4, -0.2) is 54.9 Å². The highest BCUT2D eigenvalue weighted by molar-refractivity contribution is 8.18. The Morgan fingerprint density at radius 2 is 1.91 bits per heavy atom. The van der Waals surface area contributed by atoms with Crippen molar-refractivity contribution in [2.75, 3.05) is 37.7 Å². The van der Waals surface area contributed by atoms with Crippen LogP contribution in [0.5, 0.6) is 5.75 Å². The number of halogens is 1. The lowest BCUT2D eigenvalue weighted by Crippen LogP contribution is -2.36. The van der Waals surface area contributed by atoms with Gasteiger partial charge in [0, 0.05) is 25.3 Å². The quantitative estimate of drug-likeness (QED) is 0.439. The fraction of sp³-hybridized carbons (Fsp3) is 0.385. The molecule has 2 heterocycles. The summed E-state index contributed by atoms with van der Waals surface area (Å²) in [5, 5.41) is 1.22. The lowest BCUT2D eigenvalue weighted by Gasteiger charge is -2.28. The number of amides is 1. The summed E-state index contributed by atoms with van der Waals surface area (Å²) >= 11 is 7.81. The molecule has 180 valence electrons. The third-order valence-corrected chi connectivity index (χ3v) is 7.11. The Hall–Kier alpha value is -2.48. The van der Waals surface area contributed by atoms with Gasteiger partial charge in [0.05, 0.1) is 34.9 Å². The molecule has 0 aliphatic carbocycles. The zero-order chi connectivity index (χ0) is 24.1. The van der Waals surface area contributed by atoms with Crippen molar-refractivity contribution in [1.82, 2.24) is 4.90 Å². The second-order valence-corrected chi connectivity index (χ2v) is 9.61. The van der Waals surface area contributed by atoms with Crippen LogP contribution in [0.3, 0.4) is 0 Å². The molecule has 2 aliphatic heterocycles. The molecule has 2 aliphatic rings. The maximum atomic E-state index is 13.0. The number of anilines is 1. The maximum absolute atomic E-state index is 13.0. The van der Waals surface area contributed by atoms with Gasteiger partial charge in [0.15, 0.2) is 5.17 Å². The van der Waals surface area contributed by atoms with E-state index in [0.717, 1.165) is 49.7 Å². The standard InChI is InChI=1S/C26H30ClN3O3S/c1-4-18(3)33-23-11-6-19(16-22(23)27)17-24-25(31)30(5-2)26(34-24)28-20-7-9-21(10-8-20)29-12-14-32-15-13-29/h6-11,16-18H,4-5,12-15H2,1-3H3/b24-17+,28-26?/t18-/m0/s1. The molecule has 8 heteroatoms. The first kappa shape index (κ1) is 24.6. The number of rotatable bonds is 7. The van der Waals surface area contributed by atoms with E-state index in [9.17, 15) is 4.79 Å². The van der Waals surface area contributed by atoms with Gasteiger partial charge in [-0.05, 0) is 80.1 Å². The molecule has 0 aromatic heterocycles. The number of hydrogen-bond acceptors (Lipinski definition) is 6. The molecule has 6 nitrogen and oxygen atoms in total. The topological polar surface area (TPSA) is 54.4 Å². The van der Waals surface area contributed by atoms with Crippen molar-refractivity contribution in [2.24, 2.45) is 4.99 Å². The van der Waals surface area contributed by atoms with Crippen molar-refractivity contribution >= 4 is 51.9 Å². The minimum absolute atomic E-state index is 0.0489. The van der Waals surface area contributed by atoms with Crippen molar-refractivity contribution in [2.45, 2.75) is 33.3 Å². The van der Waals surface area contributed by atoms with Gasteiger partial charge in [-0.3, -0.25) is 9.69 Å². The molecule has 2 aromatic rings. The zero-order valence-electron chi connectivity index (χ0n) is 19.8. The van der Waals surface area contributed by atoms with Gasteiger partial charge >= 0.3 is 0 Å². The summed E-state index contributed by atoms with van der Waals surface area (Å²) in [5.41, 5.74) is 2.83. The van der Waals surface area contributed by atoms with E-state index >= 15 is 0 Å². The average Bonchev–Trinajstić information content (AvgIpc) is 3.15. The highest BCUT2D eigenvalue weighted by Crippen LogP contribution is 2.35. The predicted octanol–water partition coefficient (Wildman–Crippen LogP) is 5.98. The number of ether oxygens (including phenoxy) is 2. The number of nitrogens with zero attached hydrogens (tertiary/aromatic N) is 3. The van der Waals surface area contributed by atoms with E-state index in [1.807, 2.05) is 50.3 Å². The molecule has 0 bridgehead atoms. The van der Waals surface area contributed by atoms with Crippen LogP contribution in [0.1, 0.15) is 32.8 Å². The normalized spacial score (nSPS) is 19.8. The van der Waals surface area contributed by atoms with Crippen LogP contribution in [0, 0.1) is 0 Å². The number of amidine groups is 1. The molecule has 2 saturated heterocycles. The van der Waals surface area contributed by atoms with Gasteiger partial charge in [-0.25, -0.2) is 4.99 Å². The maximum Gasteiger partial charge on any atom is 0.266 e. The minimum Gasteiger partial charge on any atom is -0.489 e. The van der Waals surface area contributed by atoms with Crippen LogP contribution >= 0.6 is 23.4 Å². The monoisotopic (exact) mass is 499 g/mol. The first-order valence-corrected chi connectivity index (χ1v) is 12.9. The molecule has 0 saturated carbocycles. The van der Waals surface area contributed by atoms with Gasteiger partial charge in [0.2, 0.25) is 0 Å². The highest BCUT2D eigenvalue weighted by atomic mass is 35.5. The van der Waals surface area contributed by atoms with Crippen LogP contribution < -0.4 is 9.64 Å². The number of benzene rings is 2. The molecule has 0 N–H and O–H groups in total. The molecule has 0 spiro atoms. The Kier molecular flexibility index (Phi) is 8.19. The number of carbonyl (C=O) groups is 1. The Balaban J connectivity index is 1.51. The lowest BCUT2D eigenvalue weighted by molar-refractivity contribution is -0.122. The van der Waals surface area contributed by atoms with Crippen molar-refractivity contribution < 1.29 is 14.3 Å². The summed E-state index contributed by atoms with van der Waals surface area (Å²) in [6.45, 7) is 9.88. The summed E-state index contributed by atoms with van der Waals surface area (Å²) in [6, 6.07) is 13.7. The smallest absolute Gasteiger partial charge is 0.266 e. The van der Waals surface area contributed by atoms with E-state index in [4.69, 9.17) is 26.1 Å². The van der Waals surface area contributed by atoms with Crippen molar-refractivity contribution in [3.8, 4) is 5.75 Å². The van der Waals surface area contributed by atoms with E-state index in [2.05, 4.69) is 24.0 Å². The first-order valence-electron chi connectivity index (χ1n) is 11.7. The number of aliphatic imine (C=N–C) groups is 1. The Morgan fingerprint density at radius 1 is 1.18 bits per heavy atom. The summed E-state index contributed by atoms with van der Waals surface area (Å²) < 4.78 is 11.3. The predicted molar refractivity (Wildman–Crippen MR) is 141 cm³/mol. The summed E-state index contributed by atoms with van der Waals surface area (Å²) in [6.07, 6.45) is 2.85. The molecule has 34 heavy (non-hydrogen) atoms. The molecular weight excluding hydrogens is 470 g/mol. The van der Waals surface area contributed by atoms with Gasteiger partial charge < -0.3 is 14.4 Å². The van der Waals surface area contributed by atoms with Crippen molar-refractivity contribution in [1.29, 1.82) is 0 Å². The average molecular weight is 500 g/mol. The Morgan fingerprint density at radius 3 is 2.56 bits per heavy atom. The molecule has 1 atom stereocenters. The van der Waals surface area contributed by atoms with Gasteiger partial charge in [-0.2, -0.15) is 0 Å². The molecule has 2 fully saturated rings. The van der Waals surface area contributed by atoms with E-state index in [-0.39, 0.29) is 12.0 Å². The summed E-state index contributed by atoms with van der Waals surface area (Å²) in [7, 11) is 0. The molecule has 0 unspecified atom stereocenters. The Labute approximate surface area is 210 Å². The van der Waals surface area contributed by atoms with E-state index in [1.165, 1.54) is 11.8 Å². The number of morpholine rings is 1. The second-order valence-electron chi connectivity index (χ2n) is 8.20. The van der Waals surface area contributed by atoms with Crippen LogP contribution in [0.2, 0.25) is 5.02 Å². The van der Waals surface area contributed by atoms with Crippen LogP contribution in [0.15, 0.2) is 52.4 Å². The number of likely N-dealkylation sites (N-methyl/N-ethyl adjacent to an activating group) is 1. The van der Waals surface area contributed by atoms with E-state index in [0.29, 0.717) is 27.4 Å². The van der Waals surface area contributed by atoms with Crippen LogP contribution in [0.25, 0.3) is 6.08 Å². The Bertz CT molecular complexity index is 1080. The minimum atomic E-state index is -0.0489. The fourth-order valence-electron chi connectivity index (χ4n) is 3.69. The van der Waals surface area contributed by atoms with Crippen molar-refractivity contribution in [3.05, 3.63) is 58.0 Å². The molecular formula is C26H30ClN3O3S. The third kappa shape index (κ3) is 5.77. The highest BCUT2D eigenvalue weighted by Gasteiger charge is 2.32. The molecule has 0 radical (unpaired) electrons. The van der Waals surface area contributed by atoms with Crippen molar-refractivity contribution in [3.63, 3.8) is 0 Å². The van der Waals surface area contributed by atoms with Crippen LogP contribution in [0.4, 0.5) is 11.4 Å². The zero-order valence-corrected chi connectivity index (χ0v) is 21.4. The first-order chi connectivity index (χ1) is 16.5. The van der Waals surface area contributed by atoms with Gasteiger partial charge in [0.1, 0.15) is 5.75 Å². The number of hydrogen-bond donors (Lipinski definition) is 0. The van der Waals surface area contributed by atoms with Gasteiger partial charge in [-0.15, -0.1) is 0 Å². The third-order valence-electron chi connectivity index (χ3n) is 5.81. The van der Waals surface area contributed by atoms with E-state index < -0.39 is 0 Å². The van der Waals surface area contributed by atoms with Crippen LogP contribution in [-0.2, 0) is 9.53 Å². The summed E-state index contributed by atoms with van der Waals surface area (Å²) in [5.74, 6) is 0.605. The number of carbonyl (C=O) groups excluding carboxylic acids is 1. The SMILES string of the molecule is CC[C@H](C)Oc1ccc(/C=C2/SC(=Nc3ccc(N4CCOCC4)cc3)N(CC)C2=O)cc1Cl. The molecule has 2 aromatic carbocycles. The number of thioether (sulfide) groups is 1. The van der Waals surface area contributed by atoms with E-state index in [1.54, 1.807) is 4.90 Å². The fourth-order valence-corrected chi connectivity index (χ4v) is 4.99.